The highest BCUT2D eigenvalue weighted by atomic mass is 32.2. The zero-order valence-corrected chi connectivity index (χ0v) is 11.0. The molecule has 0 aliphatic carbocycles. The lowest BCUT2D eigenvalue weighted by molar-refractivity contribution is 0.562. The Morgan fingerprint density at radius 2 is 2.29 bits per heavy atom. The molecule has 2 aromatic rings. The number of sulfonamides is 1. The van der Waals surface area contributed by atoms with Gasteiger partial charge in [0.15, 0.2) is 0 Å². The third kappa shape index (κ3) is 3.15. The van der Waals surface area contributed by atoms with Crippen molar-refractivity contribution in [1.82, 2.24) is 14.5 Å². The van der Waals surface area contributed by atoms with Crippen LogP contribution in [0.2, 0.25) is 0 Å². The number of rotatable bonds is 5. The highest BCUT2D eigenvalue weighted by Gasteiger charge is 2.15. The van der Waals surface area contributed by atoms with Gasteiger partial charge in [-0.1, -0.05) is 0 Å². The Labute approximate surface area is 104 Å². The van der Waals surface area contributed by atoms with Crippen LogP contribution < -0.4 is 4.72 Å². The van der Waals surface area contributed by atoms with E-state index in [0.717, 1.165) is 4.88 Å². The van der Waals surface area contributed by atoms with E-state index in [2.05, 4.69) is 9.82 Å². The van der Waals surface area contributed by atoms with Gasteiger partial charge >= 0.3 is 0 Å². The molecule has 0 aliphatic heterocycles. The van der Waals surface area contributed by atoms with E-state index in [4.69, 9.17) is 0 Å². The number of nitrogens with one attached hydrogen (secondary N) is 1. The largest absolute Gasteiger partial charge is 0.271 e. The Morgan fingerprint density at radius 1 is 1.47 bits per heavy atom. The van der Waals surface area contributed by atoms with Crippen LogP contribution in [0.3, 0.4) is 0 Å². The van der Waals surface area contributed by atoms with E-state index in [1.54, 1.807) is 35.3 Å². The molecule has 0 atom stereocenters. The Hall–Kier alpha value is -1.18. The fourth-order valence-corrected chi connectivity index (χ4v) is 3.70. The molecule has 0 aliphatic rings. The number of hydrogen-bond donors (Lipinski definition) is 1. The number of hydrogen-bond acceptors (Lipinski definition) is 4. The minimum Gasteiger partial charge on any atom is -0.271 e. The van der Waals surface area contributed by atoms with Crippen molar-refractivity contribution in [2.24, 2.45) is 0 Å². The van der Waals surface area contributed by atoms with Gasteiger partial charge in [0, 0.05) is 23.8 Å². The SMILES string of the molecule is Cc1ccc(S(=O)(=O)NCCn2cccn2)s1. The van der Waals surface area contributed by atoms with Crippen LogP contribution >= 0.6 is 11.3 Å². The molecular formula is C10H13N3O2S2. The molecular weight excluding hydrogens is 258 g/mol. The molecule has 0 aromatic carbocycles. The molecule has 5 nitrogen and oxygen atoms in total. The van der Waals surface area contributed by atoms with Crippen LogP contribution in [-0.2, 0) is 16.6 Å². The van der Waals surface area contributed by atoms with Gasteiger partial charge in [0.1, 0.15) is 4.21 Å². The lowest BCUT2D eigenvalue weighted by atomic mass is 10.5. The summed E-state index contributed by atoms with van der Waals surface area (Å²) >= 11 is 1.27. The van der Waals surface area contributed by atoms with E-state index in [-0.39, 0.29) is 0 Å². The first-order chi connectivity index (χ1) is 8.08. The summed E-state index contributed by atoms with van der Waals surface area (Å²) in [7, 11) is -3.37. The Kier molecular flexibility index (Phi) is 3.60. The van der Waals surface area contributed by atoms with Gasteiger partial charge in [-0.25, -0.2) is 13.1 Å². The van der Waals surface area contributed by atoms with Gasteiger partial charge in [-0.2, -0.15) is 5.10 Å². The van der Waals surface area contributed by atoms with Crippen LogP contribution in [0, 0.1) is 6.92 Å². The van der Waals surface area contributed by atoms with Crippen molar-refractivity contribution >= 4 is 21.4 Å². The molecule has 0 spiro atoms. The summed E-state index contributed by atoms with van der Waals surface area (Å²) in [6, 6.07) is 5.22. The van der Waals surface area contributed by atoms with E-state index in [1.165, 1.54) is 11.3 Å². The van der Waals surface area contributed by atoms with E-state index in [0.29, 0.717) is 17.3 Å². The fraction of sp³-hybridized carbons (Fsp3) is 0.300. The monoisotopic (exact) mass is 271 g/mol. The smallest absolute Gasteiger partial charge is 0.250 e. The molecule has 0 fully saturated rings. The highest BCUT2D eigenvalue weighted by Crippen LogP contribution is 2.19. The molecule has 0 saturated carbocycles. The number of nitrogens with zero attached hydrogens (tertiary/aromatic N) is 2. The molecule has 2 rings (SSSR count). The molecule has 2 heterocycles. The van der Waals surface area contributed by atoms with E-state index < -0.39 is 10.0 Å². The second-order valence-corrected chi connectivity index (χ2v) is 6.81. The summed E-state index contributed by atoms with van der Waals surface area (Å²) in [6.07, 6.45) is 3.46. The number of aromatic nitrogens is 2. The van der Waals surface area contributed by atoms with Crippen molar-refractivity contribution in [3.63, 3.8) is 0 Å². The first kappa shape index (κ1) is 12.3. The highest BCUT2D eigenvalue weighted by molar-refractivity contribution is 7.91. The van der Waals surface area contributed by atoms with Crippen molar-refractivity contribution in [1.29, 1.82) is 0 Å². The second-order valence-electron chi connectivity index (χ2n) is 3.53. The van der Waals surface area contributed by atoms with Crippen molar-refractivity contribution < 1.29 is 8.42 Å². The van der Waals surface area contributed by atoms with Crippen LogP contribution in [0.4, 0.5) is 0 Å². The molecule has 2 aromatic heterocycles. The summed E-state index contributed by atoms with van der Waals surface area (Å²) in [4.78, 5) is 0.984. The molecule has 0 saturated heterocycles. The summed E-state index contributed by atoms with van der Waals surface area (Å²) in [5.74, 6) is 0. The fourth-order valence-electron chi connectivity index (χ4n) is 1.35. The molecule has 1 N–H and O–H groups in total. The van der Waals surface area contributed by atoms with Crippen molar-refractivity contribution in [2.45, 2.75) is 17.7 Å². The molecule has 0 bridgehead atoms. The maximum Gasteiger partial charge on any atom is 0.250 e. The predicted octanol–water partition coefficient (Wildman–Crippen LogP) is 1.23. The molecule has 0 radical (unpaired) electrons. The first-order valence-electron chi connectivity index (χ1n) is 5.11. The quantitative estimate of drug-likeness (QED) is 0.889. The third-order valence-corrected chi connectivity index (χ3v) is 5.13. The molecule has 92 valence electrons. The molecule has 17 heavy (non-hydrogen) atoms. The normalized spacial score (nSPS) is 11.8. The van der Waals surface area contributed by atoms with Crippen LogP contribution in [0.1, 0.15) is 4.88 Å². The van der Waals surface area contributed by atoms with Gasteiger partial charge < -0.3 is 0 Å². The summed E-state index contributed by atoms with van der Waals surface area (Å²) < 4.78 is 28.3. The molecule has 7 heteroatoms. The number of thiophene rings is 1. The van der Waals surface area contributed by atoms with Gasteiger partial charge in [-0.15, -0.1) is 11.3 Å². The van der Waals surface area contributed by atoms with Gasteiger partial charge in [-0.05, 0) is 25.1 Å². The van der Waals surface area contributed by atoms with Crippen LogP contribution in [0.25, 0.3) is 0 Å². The maximum absolute atomic E-state index is 11.8. The minimum absolute atomic E-state index is 0.334. The lowest BCUT2D eigenvalue weighted by Gasteiger charge is -2.04. The molecule has 0 unspecified atom stereocenters. The van der Waals surface area contributed by atoms with Crippen LogP contribution in [0.15, 0.2) is 34.8 Å². The Bertz CT molecular complexity index is 572. The maximum atomic E-state index is 11.8. The van der Waals surface area contributed by atoms with Crippen molar-refractivity contribution in [3.8, 4) is 0 Å². The van der Waals surface area contributed by atoms with Crippen molar-refractivity contribution in [2.75, 3.05) is 6.54 Å². The van der Waals surface area contributed by atoms with Gasteiger partial charge in [-0.3, -0.25) is 4.68 Å². The summed E-state index contributed by atoms with van der Waals surface area (Å²) in [6.45, 7) is 2.74. The minimum atomic E-state index is -3.37. The second kappa shape index (κ2) is 4.99. The van der Waals surface area contributed by atoms with E-state index in [1.807, 2.05) is 6.92 Å². The van der Waals surface area contributed by atoms with Crippen molar-refractivity contribution in [3.05, 3.63) is 35.5 Å². The Morgan fingerprint density at radius 3 is 2.88 bits per heavy atom. The average molecular weight is 271 g/mol. The van der Waals surface area contributed by atoms with Gasteiger partial charge in [0.2, 0.25) is 10.0 Å². The number of aryl methyl sites for hydroxylation is 1. The standard InChI is InChI=1S/C10H13N3O2S2/c1-9-3-4-10(16-9)17(14,15)12-6-8-13-7-2-5-11-13/h2-5,7,12H,6,8H2,1H3. The predicted molar refractivity (Wildman–Crippen MR) is 66.5 cm³/mol. The van der Waals surface area contributed by atoms with Gasteiger partial charge in [0.05, 0.1) is 6.54 Å². The zero-order valence-electron chi connectivity index (χ0n) is 9.33. The average Bonchev–Trinajstić information content (AvgIpc) is 2.89. The topological polar surface area (TPSA) is 64.0 Å². The first-order valence-corrected chi connectivity index (χ1v) is 7.41. The van der Waals surface area contributed by atoms with Gasteiger partial charge in [0.25, 0.3) is 0 Å². The molecule has 0 amide bonds. The summed E-state index contributed by atoms with van der Waals surface area (Å²) in [5, 5.41) is 4.00. The van der Waals surface area contributed by atoms with Crippen LogP contribution in [0.5, 0.6) is 0 Å². The van der Waals surface area contributed by atoms with Crippen LogP contribution in [-0.4, -0.2) is 24.7 Å². The summed E-state index contributed by atoms with van der Waals surface area (Å²) in [5.41, 5.74) is 0. The van der Waals surface area contributed by atoms with E-state index in [9.17, 15) is 8.42 Å². The van der Waals surface area contributed by atoms with E-state index >= 15 is 0 Å². The zero-order chi connectivity index (χ0) is 12.3. The lowest BCUT2D eigenvalue weighted by Crippen LogP contribution is -2.26. The third-order valence-electron chi connectivity index (χ3n) is 2.17. The Balaban J connectivity index is 1.94.